The number of benzene rings is 7. The molecule has 7 aromatic rings. The highest BCUT2D eigenvalue weighted by Crippen LogP contribution is 2.37. The van der Waals surface area contributed by atoms with Crippen LogP contribution in [-0.4, -0.2) is 73.4 Å². The molecule has 0 aromatic heterocycles. The second-order valence-corrected chi connectivity index (χ2v) is 24.3. The quantitative estimate of drug-likeness (QED) is 0.0532. The lowest BCUT2D eigenvalue weighted by Gasteiger charge is -2.21. The third-order valence-corrected chi connectivity index (χ3v) is 17.6. The molecule has 3 atom stereocenters. The number of nitrogens with one attached hydrogen (secondary N) is 6. The van der Waals surface area contributed by atoms with Crippen LogP contribution in [0.15, 0.2) is 198 Å². The van der Waals surface area contributed by atoms with Gasteiger partial charge in [0.1, 0.15) is 55.2 Å². The van der Waals surface area contributed by atoms with Gasteiger partial charge in [0.15, 0.2) is 0 Å². The number of fused-ring (bicyclic) bond motifs is 9. The Hall–Kier alpha value is -8.97. The lowest BCUT2D eigenvalue weighted by Crippen LogP contribution is -2.48. The van der Waals surface area contributed by atoms with Gasteiger partial charge in [0, 0.05) is 87.5 Å². The molecule has 0 aliphatic carbocycles. The molecule has 87 heavy (non-hydrogen) atoms. The Morgan fingerprint density at radius 1 is 0.368 bits per heavy atom. The maximum Gasteiger partial charge on any atom is 0.251 e. The van der Waals surface area contributed by atoms with Crippen LogP contribution in [0.4, 0.5) is 0 Å². The van der Waals surface area contributed by atoms with E-state index >= 15 is 0 Å². The van der Waals surface area contributed by atoms with E-state index in [2.05, 4.69) is 69.8 Å². The van der Waals surface area contributed by atoms with Gasteiger partial charge in [-0.05, 0) is 141 Å². The summed E-state index contributed by atoms with van der Waals surface area (Å²) in [4.78, 5) is 91.6. The summed E-state index contributed by atoms with van der Waals surface area (Å²) < 4.78 is 17.2. The number of carbonyl (C=O) groups is 6. The minimum atomic E-state index is -1.09. The van der Waals surface area contributed by atoms with Crippen LogP contribution in [0.25, 0.3) is 0 Å². The predicted molar refractivity (Wildman–Crippen MR) is 341 cm³/mol. The van der Waals surface area contributed by atoms with E-state index in [1.165, 1.54) is 0 Å². The van der Waals surface area contributed by atoms with E-state index in [0.717, 1.165) is 48.1 Å². The molecule has 0 spiro atoms. The third-order valence-electron chi connectivity index (χ3n) is 14.5. The fourth-order valence-electron chi connectivity index (χ4n) is 10.2. The maximum absolute atomic E-state index is 14.8. The van der Waals surface area contributed by atoms with Gasteiger partial charge in [-0.2, -0.15) is 0 Å². The Kier molecular flexibility index (Phi) is 20.7. The molecule has 0 radical (unpaired) electrons. The Morgan fingerprint density at radius 2 is 0.632 bits per heavy atom. The summed E-state index contributed by atoms with van der Waals surface area (Å²) >= 11 is 4.78. The molecular formula is C69H66N6O9S3. The molecule has 0 saturated heterocycles. The van der Waals surface area contributed by atoms with Gasteiger partial charge in [0.25, 0.3) is 17.7 Å². The Labute approximate surface area is 519 Å². The van der Waals surface area contributed by atoms with Gasteiger partial charge in [-0.1, -0.05) is 92.6 Å². The normalized spacial score (nSPS) is 17.3. The maximum atomic E-state index is 14.8. The minimum absolute atomic E-state index is 0.0109. The first-order valence-corrected chi connectivity index (χ1v) is 31.4. The lowest BCUT2D eigenvalue weighted by molar-refractivity contribution is -0.123. The molecule has 3 aliphatic heterocycles. The van der Waals surface area contributed by atoms with Crippen LogP contribution >= 0.6 is 35.3 Å². The smallest absolute Gasteiger partial charge is 0.251 e. The van der Waals surface area contributed by atoms with E-state index < -0.39 is 53.6 Å². The van der Waals surface area contributed by atoms with Gasteiger partial charge in [-0.3, -0.25) is 28.8 Å². The number of rotatable bonds is 15. The summed E-state index contributed by atoms with van der Waals surface area (Å²) in [5.74, 6) is 0.151. The fraction of sp³-hybridized carbons (Fsp3) is 0.217. The molecule has 7 aromatic carbocycles. The summed E-state index contributed by atoms with van der Waals surface area (Å²) in [6.07, 6.45) is 5.26. The molecule has 0 unspecified atom stereocenters. The van der Waals surface area contributed by atoms with Crippen LogP contribution in [0.5, 0.6) is 17.2 Å². The molecule has 15 nitrogen and oxygen atoms in total. The van der Waals surface area contributed by atoms with E-state index in [4.69, 9.17) is 14.2 Å². The molecule has 10 rings (SSSR count). The number of hydrogen-bond acceptors (Lipinski definition) is 12. The zero-order valence-electron chi connectivity index (χ0n) is 47.8. The Balaban J connectivity index is 1.09. The molecule has 444 valence electrons. The van der Waals surface area contributed by atoms with Crippen molar-refractivity contribution in [3.05, 3.63) is 250 Å². The first-order chi connectivity index (χ1) is 42.3. The van der Waals surface area contributed by atoms with Crippen molar-refractivity contribution >= 4 is 70.7 Å². The van der Waals surface area contributed by atoms with Gasteiger partial charge >= 0.3 is 0 Å². The van der Waals surface area contributed by atoms with Gasteiger partial charge in [0.2, 0.25) is 17.7 Å². The molecule has 6 amide bonds. The van der Waals surface area contributed by atoms with Crippen LogP contribution < -0.4 is 46.1 Å². The van der Waals surface area contributed by atoms with Crippen LogP contribution in [-0.2, 0) is 70.5 Å². The second kappa shape index (κ2) is 29.4. The van der Waals surface area contributed by atoms with E-state index in [-0.39, 0.29) is 55.6 Å². The zero-order chi connectivity index (χ0) is 60.7. The van der Waals surface area contributed by atoms with Crippen LogP contribution in [0.2, 0.25) is 0 Å². The van der Waals surface area contributed by atoms with Crippen molar-refractivity contribution in [2.24, 2.45) is 0 Å². The van der Waals surface area contributed by atoms with Crippen molar-refractivity contribution in [2.75, 3.05) is 19.8 Å². The minimum Gasteiger partial charge on any atom is -0.490 e. The number of ether oxygens (including phenoxy) is 3. The lowest BCUT2D eigenvalue weighted by atomic mass is 10.0. The van der Waals surface area contributed by atoms with Gasteiger partial charge in [-0.15, -0.1) is 35.3 Å². The van der Waals surface area contributed by atoms with Crippen LogP contribution in [0.3, 0.4) is 0 Å². The average molecular weight is 1220 g/mol. The topological polar surface area (TPSA) is 202 Å². The van der Waals surface area contributed by atoms with Crippen molar-refractivity contribution < 1.29 is 43.0 Å². The fourth-order valence-corrected chi connectivity index (χ4v) is 13.1. The standard InChI is InChI=1S/C69H66N6O9S3/c1-4-19-82-55-13-7-43(8-14-55)31-61-67(79)70-37-46-22-50-29-53(26-46)65(77)74-63(33-45-11-17-57(18-12-45)84-21-6-3)69(81)72-39-48-24-51-30-54(27-48)66(78)75-62(32-44-9-15-56(16-10-44)83-20-5-2)68(80)71-38-47-23-49(28-52(25-47)64(76)73-61)40-85-58-34-59(86-41-50)36-60(35-58)87-42-51/h4-18,22-30,34-36,61-63H,1-3,19-21,31-33,37-42H2,(H,70,79)(H,71,80)(H,72,81)(H,73,76)(H,74,77)(H,75,78)/t61-,62-,63-/m0/s1. The molecule has 3 aliphatic rings. The molecular weight excluding hydrogens is 1150 g/mol. The van der Waals surface area contributed by atoms with Gasteiger partial charge in [-0.25, -0.2) is 0 Å². The molecule has 18 heteroatoms. The summed E-state index contributed by atoms with van der Waals surface area (Å²) in [5, 5.41) is 18.3. The second-order valence-electron chi connectivity index (χ2n) is 21.2. The number of thioether (sulfide) groups is 3. The zero-order valence-corrected chi connectivity index (χ0v) is 50.3. The summed E-state index contributed by atoms with van der Waals surface area (Å²) in [5.41, 5.74) is 7.29. The molecule has 0 fully saturated rings. The van der Waals surface area contributed by atoms with E-state index in [1.54, 1.807) is 108 Å². The molecule has 3 heterocycles. The number of hydrogen-bond donors (Lipinski definition) is 6. The summed E-state index contributed by atoms with van der Waals surface area (Å²) in [6.45, 7) is 12.1. The number of amides is 6. The van der Waals surface area contributed by atoms with E-state index in [1.807, 2.05) is 72.8 Å². The average Bonchev–Trinajstić information content (AvgIpc) is 3.75. The van der Waals surface area contributed by atoms with Crippen molar-refractivity contribution in [3.8, 4) is 17.2 Å². The highest BCUT2D eigenvalue weighted by Gasteiger charge is 2.28. The molecule has 6 N–H and O–H groups in total. The Morgan fingerprint density at radius 3 is 0.897 bits per heavy atom. The summed E-state index contributed by atoms with van der Waals surface area (Å²) in [6, 6.07) is 41.3. The molecule has 12 bridgehead atoms. The first-order valence-electron chi connectivity index (χ1n) is 28.5. The first kappa shape index (κ1) is 61.1. The van der Waals surface area contributed by atoms with Crippen molar-refractivity contribution in [2.45, 2.75) is 89.0 Å². The van der Waals surface area contributed by atoms with Crippen LogP contribution in [0, 0.1) is 0 Å². The van der Waals surface area contributed by atoms with Crippen molar-refractivity contribution in [3.63, 3.8) is 0 Å². The largest absolute Gasteiger partial charge is 0.490 e. The SMILES string of the molecule is C=CCOc1ccc(C[C@@H]2NC(=O)c3cc4cc(c3)CSc3cc5cc(c3)SCc3cc(cc(c3)C(=O)N[C@@H](Cc3ccc(OCC=C)cc3)C(=O)NC4)CNC(=O)[C@H](Cc3ccc(OCC=C)cc3)NC(=O)c3cc(cc(c3)CS5)CNC2=O)cc1. The predicted octanol–water partition coefficient (Wildman–Crippen LogP) is 10.2. The monoisotopic (exact) mass is 1220 g/mol. The Bertz CT molecular complexity index is 3330. The van der Waals surface area contributed by atoms with Crippen molar-refractivity contribution in [1.82, 2.24) is 31.9 Å². The van der Waals surface area contributed by atoms with Crippen molar-refractivity contribution in [1.29, 1.82) is 0 Å². The summed E-state index contributed by atoms with van der Waals surface area (Å²) in [7, 11) is 0. The molecule has 0 saturated carbocycles. The van der Waals surface area contributed by atoms with E-state index in [0.29, 0.717) is 71.0 Å². The van der Waals surface area contributed by atoms with Gasteiger partial charge < -0.3 is 46.1 Å². The third kappa shape index (κ3) is 17.1. The number of carbonyl (C=O) groups excluding carboxylic acids is 6. The highest BCUT2D eigenvalue weighted by molar-refractivity contribution is 8.00. The van der Waals surface area contributed by atoms with Crippen LogP contribution in [0.1, 0.15) is 81.1 Å². The van der Waals surface area contributed by atoms with E-state index in [9.17, 15) is 28.8 Å². The van der Waals surface area contributed by atoms with Gasteiger partial charge in [0.05, 0.1) is 0 Å². The highest BCUT2D eigenvalue weighted by atomic mass is 32.2.